The van der Waals surface area contributed by atoms with Crippen molar-refractivity contribution in [1.82, 2.24) is 10.6 Å². The third-order valence-corrected chi connectivity index (χ3v) is 5.04. The van der Waals surface area contributed by atoms with Crippen molar-refractivity contribution in [3.05, 3.63) is 52.6 Å². The molecule has 6 heteroatoms. The van der Waals surface area contributed by atoms with Gasteiger partial charge >= 0.3 is 6.03 Å². The number of benzene rings is 2. The maximum atomic E-state index is 12.2. The molecule has 0 saturated heterocycles. The lowest BCUT2D eigenvalue weighted by molar-refractivity contribution is 0.240. The summed E-state index contributed by atoms with van der Waals surface area (Å²) < 4.78 is 16.7. The highest BCUT2D eigenvalue weighted by atomic mass is 16.5. The van der Waals surface area contributed by atoms with Crippen LogP contribution in [0, 0.1) is 0 Å². The lowest BCUT2D eigenvalue weighted by Crippen LogP contribution is -2.36. The minimum absolute atomic E-state index is 0.174. The number of ether oxygens (including phenoxy) is 3. The molecule has 0 aromatic heterocycles. The summed E-state index contributed by atoms with van der Waals surface area (Å²) in [6.07, 6.45) is 2.53. The second-order valence-corrected chi connectivity index (χ2v) is 6.72. The first kappa shape index (κ1) is 17.5. The van der Waals surface area contributed by atoms with Crippen LogP contribution in [0.3, 0.4) is 0 Å². The van der Waals surface area contributed by atoms with Gasteiger partial charge in [-0.15, -0.1) is 0 Å². The maximum Gasteiger partial charge on any atom is 0.315 e. The van der Waals surface area contributed by atoms with E-state index in [4.69, 9.17) is 14.2 Å². The van der Waals surface area contributed by atoms with Gasteiger partial charge in [0.15, 0.2) is 0 Å². The molecule has 0 aliphatic carbocycles. The van der Waals surface area contributed by atoms with Gasteiger partial charge in [0.05, 0.1) is 20.3 Å². The van der Waals surface area contributed by atoms with Crippen molar-refractivity contribution < 1.29 is 19.0 Å². The Kier molecular flexibility index (Phi) is 5.05. The van der Waals surface area contributed by atoms with Crippen molar-refractivity contribution in [2.24, 2.45) is 0 Å². The van der Waals surface area contributed by atoms with Crippen molar-refractivity contribution in [3.63, 3.8) is 0 Å². The predicted octanol–water partition coefficient (Wildman–Crippen LogP) is 2.61. The van der Waals surface area contributed by atoms with Gasteiger partial charge < -0.3 is 24.8 Å². The highest BCUT2D eigenvalue weighted by Crippen LogP contribution is 2.40. The van der Waals surface area contributed by atoms with Gasteiger partial charge in [0.1, 0.15) is 17.2 Å². The van der Waals surface area contributed by atoms with Crippen molar-refractivity contribution in [2.75, 3.05) is 26.9 Å². The van der Waals surface area contributed by atoms with Crippen molar-refractivity contribution in [1.29, 1.82) is 0 Å². The van der Waals surface area contributed by atoms with Crippen LogP contribution in [0.4, 0.5) is 4.79 Å². The maximum absolute atomic E-state index is 12.2. The van der Waals surface area contributed by atoms with E-state index in [1.54, 1.807) is 7.11 Å². The summed E-state index contributed by atoms with van der Waals surface area (Å²) in [5.41, 5.74) is 4.55. The second-order valence-electron chi connectivity index (χ2n) is 6.72. The molecule has 142 valence electrons. The fraction of sp³-hybridized carbons (Fsp3) is 0.381. The topological polar surface area (TPSA) is 68.8 Å². The van der Waals surface area contributed by atoms with E-state index >= 15 is 0 Å². The molecule has 0 spiro atoms. The Balaban J connectivity index is 1.31. The molecule has 2 heterocycles. The summed E-state index contributed by atoms with van der Waals surface area (Å²) in [4.78, 5) is 12.2. The number of rotatable bonds is 6. The van der Waals surface area contributed by atoms with Crippen LogP contribution in [0.15, 0.2) is 30.3 Å². The summed E-state index contributed by atoms with van der Waals surface area (Å²) in [7, 11) is 1.65. The molecule has 0 fully saturated rings. The molecule has 4 rings (SSSR count). The Bertz CT molecular complexity index is 801. The van der Waals surface area contributed by atoms with Gasteiger partial charge in [-0.05, 0) is 30.2 Å². The van der Waals surface area contributed by atoms with E-state index in [0.29, 0.717) is 26.3 Å². The first-order valence-corrected chi connectivity index (χ1v) is 9.32. The summed E-state index contributed by atoms with van der Waals surface area (Å²) in [6, 6.07) is 9.77. The lowest BCUT2D eigenvalue weighted by Gasteiger charge is -2.14. The van der Waals surface area contributed by atoms with E-state index in [9.17, 15) is 4.79 Å². The van der Waals surface area contributed by atoms with Crippen molar-refractivity contribution in [2.45, 2.75) is 25.8 Å². The first-order chi connectivity index (χ1) is 13.2. The zero-order valence-corrected chi connectivity index (χ0v) is 15.5. The fourth-order valence-electron chi connectivity index (χ4n) is 3.62. The molecule has 2 aromatic carbocycles. The average Bonchev–Trinajstić information content (AvgIpc) is 3.34. The quantitative estimate of drug-likeness (QED) is 0.822. The van der Waals surface area contributed by atoms with Gasteiger partial charge in [0.2, 0.25) is 0 Å². The molecule has 2 aliphatic heterocycles. The number of methoxy groups -OCH3 is 1. The van der Waals surface area contributed by atoms with E-state index in [0.717, 1.165) is 53.2 Å². The number of carbonyl (C=O) groups is 1. The Morgan fingerprint density at radius 1 is 1.11 bits per heavy atom. The Hall–Kier alpha value is -2.89. The molecule has 0 radical (unpaired) electrons. The van der Waals surface area contributed by atoms with Gasteiger partial charge in [-0.25, -0.2) is 4.79 Å². The van der Waals surface area contributed by atoms with E-state index in [1.807, 2.05) is 24.3 Å². The number of amides is 2. The van der Waals surface area contributed by atoms with Crippen LogP contribution in [-0.2, 0) is 25.8 Å². The Labute approximate surface area is 158 Å². The van der Waals surface area contributed by atoms with Crippen LogP contribution in [-0.4, -0.2) is 32.9 Å². The third-order valence-electron chi connectivity index (χ3n) is 5.04. The number of urea groups is 1. The molecule has 2 amide bonds. The van der Waals surface area contributed by atoms with Crippen LogP contribution < -0.4 is 24.8 Å². The molecule has 2 aromatic rings. The zero-order valence-electron chi connectivity index (χ0n) is 15.5. The standard InChI is InChI=1S/C21H24N2O4/c1-25-16-4-2-14(3-5-16)6-9-22-21(24)23-13-18-17-8-11-26-19(17)12-15-7-10-27-20(15)18/h2-5,12H,6-11,13H2,1H3,(H2,22,23,24). The van der Waals surface area contributed by atoms with Crippen LogP contribution in [0.5, 0.6) is 17.2 Å². The average molecular weight is 368 g/mol. The minimum Gasteiger partial charge on any atom is -0.497 e. The number of hydrogen-bond acceptors (Lipinski definition) is 4. The molecule has 2 aliphatic rings. The van der Waals surface area contributed by atoms with Gasteiger partial charge in [0.25, 0.3) is 0 Å². The minimum atomic E-state index is -0.174. The van der Waals surface area contributed by atoms with Gasteiger partial charge in [-0.2, -0.15) is 0 Å². The van der Waals surface area contributed by atoms with E-state index in [-0.39, 0.29) is 6.03 Å². The number of fused-ring (bicyclic) bond motifs is 2. The van der Waals surface area contributed by atoms with E-state index in [1.165, 1.54) is 5.56 Å². The van der Waals surface area contributed by atoms with Crippen LogP contribution in [0.25, 0.3) is 0 Å². The van der Waals surface area contributed by atoms with Crippen molar-refractivity contribution in [3.8, 4) is 17.2 Å². The zero-order chi connectivity index (χ0) is 18.6. The van der Waals surface area contributed by atoms with E-state index in [2.05, 4.69) is 16.7 Å². The monoisotopic (exact) mass is 368 g/mol. The number of hydrogen-bond donors (Lipinski definition) is 2. The summed E-state index contributed by atoms with van der Waals surface area (Å²) in [5.74, 6) is 2.70. The summed E-state index contributed by atoms with van der Waals surface area (Å²) in [6.45, 7) is 2.41. The molecule has 0 bridgehead atoms. The first-order valence-electron chi connectivity index (χ1n) is 9.32. The second kappa shape index (κ2) is 7.78. The molecule has 0 atom stereocenters. The van der Waals surface area contributed by atoms with Gasteiger partial charge in [-0.3, -0.25) is 0 Å². The van der Waals surface area contributed by atoms with Crippen LogP contribution >= 0.6 is 0 Å². The predicted molar refractivity (Wildman–Crippen MR) is 102 cm³/mol. The third kappa shape index (κ3) is 3.79. The Morgan fingerprint density at radius 2 is 1.93 bits per heavy atom. The molecule has 6 nitrogen and oxygen atoms in total. The highest BCUT2D eigenvalue weighted by molar-refractivity contribution is 5.74. The molecular weight excluding hydrogens is 344 g/mol. The lowest BCUT2D eigenvalue weighted by atomic mass is 9.99. The fourth-order valence-corrected chi connectivity index (χ4v) is 3.62. The normalized spacial score (nSPS) is 14.0. The van der Waals surface area contributed by atoms with E-state index < -0.39 is 0 Å². The molecule has 2 N–H and O–H groups in total. The Morgan fingerprint density at radius 3 is 2.74 bits per heavy atom. The SMILES string of the molecule is COc1ccc(CCNC(=O)NCc2c3c(cc4c2OCC4)OCC3)cc1. The number of nitrogens with one attached hydrogen (secondary N) is 2. The molecule has 0 saturated carbocycles. The molecule has 27 heavy (non-hydrogen) atoms. The van der Waals surface area contributed by atoms with Gasteiger partial charge in [-0.1, -0.05) is 12.1 Å². The van der Waals surface area contributed by atoms with Crippen LogP contribution in [0.1, 0.15) is 22.3 Å². The highest BCUT2D eigenvalue weighted by Gasteiger charge is 2.26. The summed E-state index contributed by atoms with van der Waals surface area (Å²) >= 11 is 0. The molecular formula is C21H24N2O4. The van der Waals surface area contributed by atoms with Crippen molar-refractivity contribution >= 4 is 6.03 Å². The molecule has 0 unspecified atom stereocenters. The smallest absolute Gasteiger partial charge is 0.315 e. The van der Waals surface area contributed by atoms with Gasteiger partial charge in [0, 0.05) is 42.6 Å². The largest absolute Gasteiger partial charge is 0.497 e. The van der Waals surface area contributed by atoms with Crippen LogP contribution in [0.2, 0.25) is 0 Å². The number of carbonyl (C=O) groups excluding carboxylic acids is 1. The summed E-state index contributed by atoms with van der Waals surface area (Å²) in [5, 5.41) is 5.87.